The molecule has 8 heteroatoms. The number of hydrogen-bond donors (Lipinski definition) is 1. The van der Waals surface area contributed by atoms with E-state index in [1.165, 1.54) is 4.31 Å². The maximum atomic E-state index is 13.2. The van der Waals surface area contributed by atoms with Gasteiger partial charge in [0, 0.05) is 36.1 Å². The van der Waals surface area contributed by atoms with Crippen molar-refractivity contribution in [3.05, 3.63) is 59.8 Å². The van der Waals surface area contributed by atoms with Crippen LogP contribution in [0.1, 0.15) is 37.3 Å². The molecule has 1 aliphatic heterocycles. The van der Waals surface area contributed by atoms with Gasteiger partial charge >= 0.3 is 5.97 Å². The Morgan fingerprint density at radius 2 is 1.91 bits per heavy atom. The van der Waals surface area contributed by atoms with Crippen LogP contribution in [-0.4, -0.2) is 47.6 Å². The van der Waals surface area contributed by atoms with Crippen molar-refractivity contribution >= 4 is 26.9 Å². The van der Waals surface area contributed by atoms with Crippen LogP contribution in [0.5, 0.6) is 5.75 Å². The number of aryl methyl sites for hydroxylation is 1. The predicted molar refractivity (Wildman–Crippen MR) is 123 cm³/mol. The molecule has 0 saturated carbocycles. The summed E-state index contributed by atoms with van der Waals surface area (Å²) in [7, 11) is -3.62. The second-order valence-corrected chi connectivity index (χ2v) is 10.6. The number of carbonyl (C=O) groups is 1. The lowest BCUT2D eigenvalue weighted by Gasteiger charge is -2.17. The van der Waals surface area contributed by atoms with E-state index in [1.54, 1.807) is 28.8 Å². The van der Waals surface area contributed by atoms with Crippen molar-refractivity contribution in [1.82, 2.24) is 8.87 Å². The maximum absolute atomic E-state index is 13.2. The Morgan fingerprint density at radius 1 is 1.19 bits per heavy atom. The lowest BCUT2D eigenvalue weighted by atomic mass is 9.97. The molecule has 1 aromatic heterocycles. The predicted octanol–water partition coefficient (Wildman–Crippen LogP) is 4.00. The van der Waals surface area contributed by atoms with Crippen molar-refractivity contribution in [2.24, 2.45) is 0 Å². The van der Waals surface area contributed by atoms with Crippen molar-refractivity contribution in [3.63, 3.8) is 0 Å². The molecular formula is C24H28N2O5S. The molecule has 7 nitrogen and oxygen atoms in total. The number of rotatable bonds is 7. The van der Waals surface area contributed by atoms with Gasteiger partial charge in [0.25, 0.3) is 0 Å². The van der Waals surface area contributed by atoms with Gasteiger partial charge in [-0.15, -0.1) is 0 Å². The van der Waals surface area contributed by atoms with Gasteiger partial charge in [0.2, 0.25) is 10.0 Å². The highest BCUT2D eigenvalue weighted by molar-refractivity contribution is 7.89. The van der Waals surface area contributed by atoms with E-state index in [0.29, 0.717) is 25.3 Å². The van der Waals surface area contributed by atoms with Crippen LogP contribution in [0.15, 0.2) is 53.6 Å². The molecule has 1 unspecified atom stereocenters. The smallest absolute Gasteiger partial charge is 0.323 e. The lowest BCUT2D eigenvalue weighted by molar-refractivity contribution is -0.137. The van der Waals surface area contributed by atoms with Gasteiger partial charge in [-0.1, -0.05) is 11.6 Å². The number of sulfonamides is 1. The van der Waals surface area contributed by atoms with Gasteiger partial charge in [0.1, 0.15) is 12.3 Å². The third kappa shape index (κ3) is 4.38. The summed E-state index contributed by atoms with van der Waals surface area (Å²) in [5, 5.41) is 10.3. The Hall–Kier alpha value is -2.84. The molecule has 1 saturated heterocycles. The molecule has 2 heterocycles. The van der Waals surface area contributed by atoms with Crippen LogP contribution in [0.25, 0.3) is 10.9 Å². The van der Waals surface area contributed by atoms with E-state index in [-0.39, 0.29) is 23.5 Å². The fourth-order valence-corrected chi connectivity index (χ4v) is 5.85. The van der Waals surface area contributed by atoms with E-state index in [9.17, 15) is 18.3 Å². The Labute approximate surface area is 188 Å². The molecule has 0 aliphatic carbocycles. The number of benzene rings is 2. The minimum Gasteiger partial charge on any atom is -0.491 e. The van der Waals surface area contributed by atoms with Gasteiger partial charge in [-0.05, 0) is 69.2 Å². The average Bonchev–Trinajstić information content (AvgIpc) is 3.33. The van der Waals surface area contributed by atoms with E-state index < -0.39 is 16.0 Å². The number of aromatic nitrogens is 1. The zero-order valence-corrected chi connectivity index (χ0v) is 19.3. The third-order valence-electron chi connectivity index (χ3n) is 5.80. The summed E-state index contributed by atoms with van der Waals surface area (Å²) >= 11 is 0. The zero-order valence-electron chi connectivity index (χ0n) is 18.5. The highest BCUT2D eigenvalue weighted by Crippen LogP contribution is 2.36. The van der Waals surface area contributed by atoms with Crippen molar-refractivity contribution < 1.29 is 23.1 Å². The molecule has 0 amide bonds. The highest BCUT2D eigenvalue weighted by Gasteiger charge is 2.34. The van der Waals surface area contributed by atoms with Gasteiger partial charge in [-0.25, -0.2) is 8.42 Å². The van der Waals surface area contributed by atoms with E-state index in [4.69, 9.17) is 4.74 Å². The number of nitrogens with zero attached hydrogens (tertiary/aromatic N) is 2. The first kappa shape index (κ1) is 22.4. The summed E-state index contributed by atoms with van der Waals surface area (Å²) in [4.78, 5) is 11.6. The van der Waals surface area contributed by atoms with Gasteiger partial charge in [0.05, 0.1) is 11.0 Å². The molecule has 32 heavy (non-hydrogen) atoms. The first-order valence-electron chi connectivity index (χ1n) is 10.7. The molecule has 4 rings (SSSR count). The summed E-state index contributed by atoms with van der Waals surface area (Å²) in [5.74, 6) is -0.262. The first-order chi connectivity index (χ1) is 15.1. The largest absolute Gasteiger partial charge is 0.491 e. The van der Waals surface area contributed by atoms with Crippen molar-refractivity contribution in [1.29, 1.82) is 0 Å². The quantitative estimate of drug-likeness (QED) is 0.581. The van der Waals surface area contributed by atoms with Crippen LogP contribution in [-0.2, 0) is 21.4 Å². The maximum Gasteiger partial charge on any atom is 0.323 e. The van der Waals surface area contributed by atoms with Crippen molar-refractivity contribution in [2.75, 3.05) is 13.1 Å². The minimum atomic E-state index is -3.62. The number of aliphatic carboxylic acids is 1. The molecule has 170 valence electrons. The molecule has 0 bridgehead atoms. The van der Waals surface area contributed by atoms with Gasteiger partial charge in [-0.2, -0.15) is 4.31 Å². The fraction of sp³-hybridized carbons (Fsp3) is 0.375. The number of hydrogen-bond acceptors (Lipinski definition) is 4. The summed E-state index contributed by atoms with van der Waals surface area (Å²) in [5.41, 5.74) is 2.94. The monoisotopic (exact) mass is 456 g/mol. The van der Waals surface area contributed by atoms with Crippen LogP contribution in [0, 0.1) is 6.92 Å². The minimum absolute atomic E-state index is 0.00710. The second kappa shape index (κ2) is 8.60. The molecule has 1 aliphatic rings. The van der Waals surface area contributed by atoms with Crippen LogP contribution >= 0.6 is 0 Å². The van der Waals surface area contributed by atoms with Crippen molar-refractivity contribution in [3.8, 4) is 5.75 Å². The number of carboxylic acid groups (broad SMARTS) is 1. The summed E-state index contributed by atoms with van der Waals surface area (Å²) in [6.45, 7) is 6.50. The summed E-state index contributed by atoms with van der Waals surface area (Å²) in [6.07, 6.45) is 2.58. The van der Waals surface area contributed by atoms with Gasteiger partial charge in [0.15, 0.2) is 0 Å². The SMILES string of the molecule is Cc1ccc2c(c1)c(C1CCN(S(=O)(=O)c3ccc(OC(C)C)cc3)C1)cn2CC(=O)O. The second-order valence-electron chi connectivity index (χ2n) is 8.61. The highest BCUT2D eigenvalue weighted by atomic mass is 32.2. The molecule has 0 spiro atoms. The Morgan fingerprint density at radius 3 is 2.56 bits per heavy atom. The van der Waals surface area contributed by atoms with Gasteiger partial charge < -0.3 is 14.4 Å². The Bertz CT molecular complexity index is 1250. The standard InChI is InChI=1S/C24H28N2O5S/c1-16(2)31-19-5-7-20(8-6-19)32(29,30)26-11-10-18(13-26)22-14-25(15-24(27)28)23-9-4-17(3)12-21(22)23/h4-9,12,14,16,18H,10-11,13,15H2,1-3H3,(H,27,28). The van der Waals surface area contributed by atoms with E-state index in [0.717, 1.165) is 22.0 Å². The summed E-state index contributed by atoms with van der Waals surface area (Å²) < 4.78 is 35.3. The molecule has 0 radical (unpaired) electrons. The Kier molecular flexibility index (Phi) is 6.01. The molecular weight excluding hydrogens is 428 g/mol. The number of fused-ring (bicyclic) bond motifs is 1. The Balaban J connectivity index is 1.60. The van der Waals surface area contributed by atoms with Crippen LogP contribution in [0.4, 0.5) is 0 Å². The molecule has 2 aromatic carbocycles. The molecule has 1 fully saturated rings. The van der Waals surface area contributed by atoms with Crippen LogP contribution in [0.2, 0.25) is 0 Å². The molecule has 1 atom stereocenters. The van der Waals surface area contributed by atoms with Crippen molar-refractivity contribution in [2.45, 2.75) is 50.7 Å². The molecule has 3 aromatic rings. The number of carboxylic acids is 1. The third-order valence-corrected chi connectivity index (χ3v) is 7.68. The topological polar surface area (TPSA) is 88.8 Å². The van der Waals surface area contributed by atoms with Crippen LogP contribution < -0.4 is 4.74 Å². The summed E-state index contributed by atoms with van der Waals surface area (Å²) in [6, 6.07) is 12.5. The number of ether oxygens (including phenoxy) is 1. The fourth-order valence-electron chi connectivity index (χ4n) is 4.35. The van der Waals surface area contributed by atoms with E-state index in [1.807, 2.05) is 45.2 Å². The van der Waals surface area contributed by atoms with E-state index >= 15 is 0 Å². The molecule has 1 N–H and O–H groups in total. The lowest BCUT2D eigenvalue weighted by Crippen LogP contribution is -2.28. The average molecular weight is 457 g/mol. The van der Waals surface area contributed by atoms with E-state index in [2.05, 4.69) is 0 Å². The zero-order chi connectivity index (χ0) is 23.0. The first-order valence-corrected chi connectivity index (χ1v) is 12.2. The van der Waals surface area contributed by atoms with Gasteiger partial charge in [-0.3, -0.25) is 4.79 Å². The van der Waals surface area contributed by atoms with Crippen LogP contribution in [0.3, 0.4) is 0 Å². The normalized spacial score (nSPS) is 17.3.